The van der Waals surface area contributed by atoms with Gasteiger partial charge in [0, 0.05) is 6.04 Å². The van der Waals surface area contributed by atoms with E-state index in [1.54, 1.807) is 21.3 Å². The first-order valence-electron chi connectivity index (χ1n) is 8.17. The number of benzene rings is 1. The molecule has 0 radical (unpaired) electrons. The van der Waals surface area contributed by atoms with Crippen LogP contribution in [-0.4, -0.2) is 33.3 Å². The van der Waals surface area contributed by atoms with E-state index in [1.165, 1.54) is 19.3 Å². The highest BCUT2D eigenvalue weighted by Crippen LogP contribution is 2.38. The third-order valence-electron chi connectivity index (χ3n) is 4.55. The fourth-order valence-electron chi connectivity index (χ4n) is 3.21. The minimum absolute atomic E-state index is 0.0398. The number of methoxy groups -OCH3 is 3. The van der Waals surface area contributed by atoms with Gasteiger partial charge in [0.2, 0.25) is 11.7 Å². The van der Waals surface area contributed by atoms with Gasteiger partial charge in [-0.05, 0) is 36.5 Å². The van der Waals surface area contributed by atoms with Gasteiger partial charge in [0.15, 0.2) is 11.5 Å². The molecule has 0 saturated heterocycles. The SMILES string of the molecule is COc1cc(CC(=O)N[C@@H]2CCCC[C@H]2C)cc(OC)c1OC. The quantitative estimate of drug-likeness (QED) is 0.875. The Labute approximate surface area is 138 Å². The molecular formula is C18H27NO4. The van der Waals surface area contributed by atoms with Gasteiger partial charge >= 0.3 is 0 Å². The maximum absolute atomic E-state index is 12.4. The molecule has 0 bridgehead atoms. The number of carbonyl (C=O) groups is 1. The molecule has 5 nitrogen and oxygen atoms in total. The molecule has 1 aliphatic rings. The molecule has 1 amide bonds. The number of rotatable bonds is 6. The normalized spacial score (nSPS) is 20.7. The second-order valence-electron chi connectivity index (χ2n) is 6.15. The molecule has 0 aliphatic heterocycles. The second kappa shape index (κ2) is 8.09. The molecule has 2 atom stereocenters. The van der Waals surface area contributed by atoms with Crippen molar-refractivity contribution < 1.29 is 19.0 Å². The Morgan fingerprint density at radius 2 is 1.70 bits per heavy atom. The van der Waals surface area contributed by atoms with Gasteiger partial charge in [0.05, 0.1) is 27.8 Å². The number of ether oxygens (including phenoxy) is 3. The molecule has 0 aromatic heterocycles. The van der Waals surface area contributed by atoms with E-state index >= 15 is 0 Å². The third kappa shape index (κ3) is 4.30. The molecule has 1 N–H and O–H groups in total. The van der Waals surface area contributed by atoms with Crippen LogP contribution in [0.15, 0.2) is 12.1 Å². The van der Waals surface area contributed by atoms with Gasteiger partial charge in [-0.1, -0.05) is 19.8 Å². The van der Waals surface area contributed by atoms with Gasteiger partial charge in [-0.15, -0.1) is 0 Å². The standard InChI is InChI=1S/C18H27NO4/c1-12-7-5-6-8-14(12)19-17(20)11-13-9-15(21-2)18(23-4)16(10-13)22-3/h9-10,12,14H,5-8,11H2,1-4H3,(H,19,20)/t12-,14-/m1/s1. The topological polar surface area (TPSA) is 56.8 Å². The van der Waals surface area contributed by atoms with Gasteiger partial charge in [-0.25, -0.2) is 0 Å². The monoisotopic (exact) mass is 321 g/mol. The van der Waals surface area contributed by atoms with E-state index in [-0.39, 0.29) is 5.91 Å². The van der Waals surface area contributed by atoms with Crippen molar-refractivity contribution in [3.05, 3.63) is 17.7 Å². The summed E-state index contributed by atoms with van der Waals surface area (Å²) in [6.45, 7) is 2.21. The van der Waals surface area contributed by atoms with Gasteiger partial charge in [0.25, 0.3) is 0 Å². The highest BCUT2D eigenvalue weighted by Gasteiger charge is 2.23. The second-order valence-corrected chi connectivity index (χ2v) is 6.15. The van der Waals surface area contributed by atoms with E-state index in [1.807, 2.05) is 12.1 Å². The summed E-state index contributed by atoms with van der Waals surface area (Å²) in [6, 6.07) is 3.94. The fraction of sp³-hybridized carbons (Fsp3) is 0.611. The molecule has 0 heterocycles. The zero-order valence-corrected chi connectivity index (χ0v) is 14.5. The first kappa shape index (κ1) is 17.4. The minimum Gasteiger partial charge on any atom is -0.493 e. The van der Waals surface area contributed by atoms with Crippen LogP contribution in [0.25, 0.3) is 0 Å². The zero-order valence-electron chi connectivity index (χ0n) is 14.5. The van der Waals surface area contributed by atoms with Gasteiger partial charge in [-0.3, -0.25) is 4.79 Å². The largest absolute Gasteiger partial charge is 0.493 e. The van der Waals surface area contributed by atoms with E-state index in [4.69, 9.17) is 14.2 Å². The number of hydrogen-bond acceptors (Lipinski definition) is 4. The summed E-state index contributed by atoms with van der Waals surface area (Å²) in [5, 5.41) is 3.17. The molecule has 1 aromatic rings. The molecule has 0 spiro atoms. The van der Waals surface area contributed by atoms with Crippen molar-refractivity contribution in [1.82, 2.24) is 5.32 Å². The molecule has 23 heavy (non-hydrogen) atoms. The molecule has 1 saturated carbocycles. The van der Waals surface area contributed by atoms with Crippen LogP contribution in [0.4, 0.5) is 0 Å². The van der Waals surface area contributed by atoms with Crippen LogP contribution in [0.3, 0.4) is 0 Å². The highest BCUT2D eigenvalue weighted by atomic mass is 16.5. The summed E-state index contributed by atoms with van der Waals surface area (Å²) in [4.78, 5) is 12.4. The predicted molar refractivity (Wildman–Crippen MR) is 89.4 cm³/mol. The zero-order chi connectivity index (χ0) is 16.8. The number of nitrogens with one attached hydrogen (secondary N) is 1. The average Bonchev–Trinajstić information content (AvgIpc) is 2.55. The molecule has 5 heteroatoms. The Balaban J connectivity index is 2.08. The van der Waals surface area contributed by atoms with Gasteiger partial charge in [-0.2, -0.15) is 0 Å². The summed E-state index contributed by atoms with van der Waals surface area (Å²) < 4.78 is 16.0. The predicted octanol–water partition coefficient (Wildman–Crippen LogP) is 2.95. The summed E-state index contributed by atoms with van der Waals surface area (Å²) >= 11 is 0. The van der Waals surface area contributed by atoms with E-state index in [9.17, 15) is 4.79 Å². The van der Waals surface area contributed by atoms with Gasteiger partial charge in [0.1, 0.15) is 0 Å². The molecule has 1 aromatic carbocycles. The van der Waals surface area contributed by atoms with Crippen LogP contribution in [0.2, 0.25) is 0 Å². The molecular weight excluding hydrogens is 294 g/mol. The maximum Gasteiger partial charge on any atom is 0.224 e. The van der Waals surface area contributed by atoms with E-state index in [0.29, 0.717) is 35.6 Å². The van der Waals surface area contributed by atoms with Crippen LogP contribution in [0, 0.1) is 5.92 Å². The molecule has 0 unspecified atom stereocenters. The van der Waals surface area contributed by atoms with Crippen molar-refractivity contribution >= 4 is 5.91 Å². The smallest absolute Gasteiger partial charge is 0.224 e. The summed E-state index contributed by atoms with van der Waals surface area (Å²) in [6.07, 6.45) is 5.02. The first-order valence-corrected chi connectivity index (χ1v) is 8.17. The van der Waals surface area contributed by atoms with E-state index in [0.717, 1.165) is 12.0 Å². The average molecular weight is 321 g/mol. The van der Waals surface area contributed by atoms with E-state index < -0.39 is 0 Å². The fourth-order valence-corrected chi connectivity index (χ4v) is 3.21. The summed E-state index contributed by atoms with van der Waals surface area (Å²) in [7, 11) is 4.72. The Kier molecular flexibility index (Phi) is 6.13. The number of amides is 1. The van der Waals surface area contributed by atoms with Crippen LogP contribution in [-0.2, 0) is 11.2 Å². The molecule has 1 aliphatic carbocycles. The lowest BCUT2D eigenvalue weighted by molar-refractivity contribution is -0.121. The van der Waals surface area contributed by atoms with E-state index in [2.05, 4.69) is 12.2 Å². The Bertz CT molecular complexity index is 519. The summed E-state index contributed by atoms with van der Waals surface area (Å²) in [5.41, 5.74) is 0.848. The third-order valence-corrected chi connectivity index (χ3v) is 4.55. The van der Waals surface area contributed by atoms with Crippen molar-refractivity contribution in [1.29, 1.82) is 0 Å². The van der Waals surface area contributed by atoms with Crippen molar-refractivity contribution in [2.45, 2.75) is 45.1 Å². The maximum atomic E-state index is 12.4. The molecule has 2 rings (SSSR count). The molecule has 128 valence electrons. The van der Waals surface area contributed by atoms with Crippen molar-refractivity contribution in [2.24, 2.45) is 5.92 Å². The van der Waals surface area contributed by atoms with Crippen molar-refractivity contribution in [2.75, 3.05) is 21.3 Å². The minimum atomic E-state index is 0.0398. The van der Waals surface area contributed by atoms with Crippen LogP contribution < -0.4 is 19.5 Å². The molecule has 1 fully saturated rings. The van der Waals surface area contributed by atoms with Crippen molar-refractivity contribution in [3.63, 3.8) is 0 Å². The first-order chi connectivity index (χ1) is 11.1. The lowest BCUT2D eigenvalue weighted by Crippen LogP contribution is -2.41. The van der Waals surface area contributed by atoms with Crippen LogP contribution >= 0.6 is 0 Å². The number of carbonyl (C=O) groups excluding carboxylic acids is 1. The highest BCUT2D eigenvalue weighted by molar-refractivity contribution is 5.79. The number of hydrogen-bond donors (Lipinski definition) is 1. The lowest BCUT2D eigenvalue weighted by atomic mass is 9.86. The Morgan fingerprint density at radius 3 is 2.22 bits per heavy atom. The van der Waals surface area contributed by atoms with Crippen molar-refractivity contribution in [3.8, 4) is 17.2 Å². The Hall–Kier alpha value is -1.91. The van der Waals surface area contributed by atoms with Crippen LogP contribution in [0.5, 0.6) is 17.2 Å². The Morgan fingerprint density at radius 1 is 1.09 bits per heavy atom. The lowest BCUT2D eigenvalue weighted by Gasteiger charge is -2.29. The van der Waals surface area contributed by atoms with Gasteiger partial charge < -0.3 is 19.5 Å². The van der Waals surface area contributed by atoms with Crippen LogP contribution in [0.1, 0.15) is 38.2 Å². The summed E-state index contributed by atoms with van der Waals surface area (Å²) in [5.74, 6) is 2.27.